The first-order valence-corrected chi connectivity index (χ1v) is 10.3. The summed E-state index contributed by atoms with van der Waals surface area (Å²) in [6.45, 7) is 14.4. The Kier molecular flexibility index (Phi) is 6.68. The molecule has 3 unspecified atom stereocenters. The molecule has 6 heteroatoms. The molecule has 1 aromatic carbocycles. The number of rotatable bonds is 8. The fraction of sp³-hybridized carbons (Fsp3) is 0.714. The van der Waals surface area contributed by atoms with Crippen LogP contribution in [-0.4, -0.2) is 16.6 Å². The fourth-order valence-electron chi connectivity index (χ4n) is 4.39. The quantitative estimate of drug-likeness (QED) is 0.341. The van der Waals surface area contributed by atoms with E-state index in [0.29, 0.717) is 12.8 Å². The molecule has 0 heterocycles. The SMILES string of the molecule is CCC(N)(P)C(N)(N)C(C)(CC)C(C)(C)C(N)(N)C(C)(C)c1ccccc1. The van der Waals surface area contributed by atoms with E-state index in [1.165, 1.54) is 0 Å². The lowest BCUT2D eigenvalue weighted by Crippen LogP contribution is -2.83. The van der Waals surface area contributed by atoms with Crippen molar-refractivity contribution >= 4 is 9.24 Å². The third-order valence-corrected chi connectivity index (χ3v) is 8.80. The lowest BCUT2D eigenvalue weighted by molar-refractivity contribution is -0.0923. The van der Waals surface area contributed by atoms with E-state index in [1.807, 2.05) is 25.1 Å². The van der Waals surface area contributed by atoms with Crippen LogP contribution < -0.4 is 28.7 Å². The molecule has 3 atom stereocenters. The van der Waals surface area contributed by atoms with Crippen LogP contribution in [0.3, 0.4) is 0 Å². The van der Waals surface area contributed by atoms with Crippen LogP contribution in [0.1, 0.15) is 66.9 Å². The molecule has 0 amide bonds. The van der Waals surface area contributed by atoms with Crippen molar-refractivity contribution in [2.45, 2.75) is 83.3 Å². The van der Waals surface area contributed by atoms with Crippen LogP contribution in [-0.2, 0) is 5.41 Å². The van der Waals surface area contributed by atoms with Crippen molar-refractivity contribution < 1.29 is 0 Å². The van der Waals surface area contributed by atoms with Crippen molar-refractivity contribution in [2.24, 2.45) is 39.5 Å². The van der Waals surface area contributed by atoms with Crippen molar-refractivity contribution in [2.75, 3.05) is 0 Å². The monoisotopic (exact) mass is 395 g/mol. The number of benzene rings is 1. The molecule has 0 saturated heterocycles. The molecule has 1 rings (SSSR count). The van der Waals surface area contributed by atoms with Gasteiger partial charge in [-0.15, -0.1) is 9.24 Å². The molecule has 0 spiro atoms. The molecule has 0 aliphatic rings. The highest BCUT2D eigenvalue weighted by atomic mass is 31.0. The van der Waals surface area contributed by atoms with E-state index in [4.69, 9.17) is 28.7 Å². The van der Waals surface area contributed by atoms with Gasteiger partial charge in [0, 0.05) is 16.2 Å². The summed E-state index contributed by atoms with van der Waals surface area (Å²) in [5, 5.41) is -0.859. The summed E-state index contributed by atoms with van der Waals surface area (Å²) in [7, 11) is 2.65. The molecule has 5 nitrogen and oxygen atoms in total. The summed E-state index contributed by atoms with van der Waals surface area (Å²) in [6.07, 6.45) is 1.29. The Hall–Kier alpha value is -0.550. The van der Waals surface area contributed by atoms with E-state index in [1.54, 1.807) is 0 Å². The highest BCUT2D eigenvalue weighted by Crippen LogP contribution is 2.57. The van der Waals surface area contributed by atoms with Gasteiger partial charge < -0.3 is 28.7 Å². The molecular formula is C21H42N5P. The van der Waals surface area contributed by atoms with Gasteiger partial charge >= 0.3 is 0 Å². The average Bonchev–Trinajstić information content (AvgIpc) is 2.60. The minimum absolute atomic E-state index is 0.533. The van der Waals surface area contributed by atoms with E-state index < -0.39 is 32.9 Å². The molecule has 0 saturated carbocycles. The Bertz CT molecular complexity index is 637. The lowest BCUT2D eigenvalue weighted by atomic mass is 9.47. The van der Waals surface area contributed by atoms with Crippen LogP contribution in [0.15, 0.2) is 30.3 Å². The van der Waals surface area contributed by atoms with Crippen LogP contribution in [0.4, 0.5) is 0 Å². The highest BCUT2D eigenvalue weighted by Gasteiger charge is 2.65. The number of hydrogen-bond acceptors (Lipinski definition) is 5. The molecule has 1 aromatic rings. The van der Waals surface area contributed by atoms with E-state index in [9.17, 15) is 0 Å². The zero-order chi connectivity index (χ0) is 21.5. The molecule has 0 fully saturated rings. The van der Waals surface area contributed by atoms with Gasteiger partial charge in [0.15, 0.2) is 0 Å². The zero-order valence-electron chi connectivity index (χ0n) is 18.3. The van der Waals surface area contributed by atoms with Gasteiger partial charge in [0.25, 0.3) is 0 Å². The minimum atomic E-state index is -1.21. The molecule has 0 radical (unpaired) electrons. The van der Waals surface area contributed by atoms with Gasteiger partial charge in [0.1, 0.15) is 0 Å². The Balaban J connectivity index is 3.64. The lowest BCUT2D eigenvalue weighted by Gasteiger charge is -2.65. The second kappa shape index (κ2) is 7.37. The van der Waals surface area contributed by atoms with Crippen molar-refractivity contribution in [3.8, 4) is 0 Å². The topological polar surface area (TPSA) is 130 Å². The van der Waals surface area contributed by atoms with E-state index >= 15 is 0 Å². The average molecular weight is 396 g/mol. The molecule has 10 N–H and O–H groups in total. The van der Waals surface area contributed by atoms with Crippen molar-refractivity contribution in [3.05, 3.63) is 35.9 Å². The minimum Gasteiger partial charge on any atom is -0.319 e. The zero-order valence-corrected chi connectivity index (χ0v) is 19.4. The summed E-state index contributed by atoms with van der Waals surface area (Å²) >= 11 is 0. The Labute approximate surface area is 168 Å². The molecule has 0 aromatic heterocycles. The molecule has 27 heavy (non-hydrogen) atoms. The third-order valence-electron chi connectivity index (χ3n) is 7.92. The van der Waals surface area contributed by atoms with Crippen LogP contribution >= 0.6 is 9.24 Å². The first kappa shape index (κ1) is 24.5. The second-order valence-electron chi connectivity index (χ2n) is 9.43. The van der Waals surface area contributed by atoms with Crippen LogP contribution in [0.25, 0.3) is 0 Å². The molecule has 0 aliphatic carbocycles. The van der Waals surface area contributed by atoms with Gasteiger partial charge in [-0.1, -0.05) is 78.8 Å². The van der Waals surface area contributed by atoms with Crippen molar-refractivity contribution in [1.29, 1.82) is 0 Å². The van der Waals surface area contributed by atoms with Gasteiger partial charge in [-0.2, -0.15) is 0 Å². The molecule has 0 aliphatic heterocycles. The standard InChI is InChI=1S/C21H42N5P/c1-8-18(7,21(25,26)19(22,27)9-2)17(5,6)20(23,24)16(3,4)15-13-11-10-12-14-15/h10-14H,8-9,22-27H2,1-7H3. The predicted octanol–water partition coefficient (Wildman–Crippen LogP) is 2.57. The first-order chi connectivity index (χ1) is 12.0. The van der Waals surface area contributed by atoms with Gasteiger partial charge in [0.05, 0.1) is 16.6 Å². The van der Waals surface area contributed by atoms with Gasteiger partial charge in [-0.25, -0.2) is 0 Å². The number of hydrogen-bond donors (Lipinski definition) is 5. The van der Waals surface area contributed by atoms with E-state index in [0.717, 1.165) is 5.56 Å². The largest absolute Gasteiger partial charge is 0.319 e. The van der Waals surface area contributed by atoms with Crippen molar-refractivity contribution in [1.82, 2.24) is 0 Å². The van der Waals surface area contributed by atoms with E-state index in [2.05, 4.69) is 62.9 Å². The van der Waals surface area contributed by atoms with Crippen LogP contribution in [0.5, 0.6) is 0 Å². The fourth-order valence-corrected chi connectivity index (χ4v) is 4.71. The Morgan fingerprint density at radius 2 is 1.19 bits per heavy atom. The van der Waals surface area contributed by atoms with Gasteiger partial charge in [-0.05, 0) is 18.4 Å². The van der Waals surface area contributed by atoms with Gasteiger partial charge in [-0.3, -0.25) is 0 Å². The maximum absolute atomic E-state index is 6.97. The summed E-state index contributed by atoms with van der Waals surface area (Å²) in [5.41, 5.74) is 30.9. The normalized spacial score (nSPS) is 18.7. The highest BCUT2D eigenvalue weighted by molar-refractivity contribution is 7.19. The second-order valence-corrected chi connectivity index (χ2v) is 10.5. The first-order valence-electron chi connectivity index (χ1n) is 9.76. The van der Waals surface area contributed by atoms with E-state index in [-0.39, 0.29) is 0 Å². The van der Waals surface area contributed by atoms with Crippen LogP contribution in [0, 0.1) is 10.8 Å². The molecular weight excluding hydrogens is 353 g/mol. The molecule has 0 bridgehead atoms. The predicted molar refractivity (Wildman–Crippen MR) is 121 cm³/mol. The van der Waals surface area contributed by atoms with Crippen LogP contribution in [0.2, 0.25) is 0 Å². The third kappa shape index (κ3) is 3.37. The summed E-state index contributed by atoms with van der Waals surface area (Å²) in [4.78, 5) is 0. The summed E-state index contributed by atoms with van der Waals surface area (Å²) in [6, 6.07) is 10.1. The molecule has 156 valence electrons. The maximum Gasteiger partial charge on any atom is 0.0918 e. The maximum atomic E-state index is 6.97. The Morgan fingerprint density at radius 1 is 0.741 bits per heavy atom. The van der Waals surface area contributed by atoms with Gasteiger partial charge in [0.2, 0.25) is 0 Å². The summed E-state index contributed by atoms with van der Waals surface area (Å²) < 4.78 is 0. The Morgan fingerprint density at radius 3 is 1.56 bits per heavy atom. The summed E-state index contributed by atoms with van der Waals surface area (Å²) in [5.74, 6) is 0. The van der Waals surface area contributed by atoms with Crippen molar-refractivity contribution in [3.63, 3.8) is 0 Å². The number of nitrogens with two attached hydrogens (primary N) is 5. The smallest absolute Gasteiger partial charge is 0.0918 e.